The molecule has 118 valence electrons. The highest BCUT2D eigenvalue weighted by Crippen LogP contribution is 2.29. The van der Waals surface area contributed by atoms with Crippen LogP contribution < -0.4 is 4.90 Å². The lowest BCUT2D eigenvalue weighted by Crippen LogP contribution is -2.23. The molecule has 5 nitrogen and oxygen atoms in total. The van der Waals surface area contributed by atoms with Crippen molar-refractivity contribution in [3.63, 3.8) is 0 Å². The predicted molar refractivity (Wildman–Crippen MR) is 88.1 cm³/mol. The zero-order valence-electron chi connectivity index (χ0n) is 13.4. The Labute approximate surface area is 136 Å². The summed E-state index contributed by atoms with van der Waals surface area (Å²) in [5, 5.41) is 19.8. The van der Waals surface area contributed by atoms with E-state index in [0.717, 1.165) is 23.4 Å². The molecule has 0 amide bonds. The fourth-order valence-electron chi connectivity index (χ4n) is 3.20. The molecule has 5 heteroatoms. The Hall–Kier alpha value is -2.45. The van der Waals surface area contributed by atoms with Gasteiger partial charge in [0.1, 0.15) is 11.9 Å². The van der Waals surface area contributed by atoms with Crippen molar-refractivity contribution in [2.75, 3.05) is 18.0 Å². The Morgan fingerprint density at radius 1 is 1.35 bits per heavy atom. The van der Waals surface area contributed by atoms with Gasteiger partial charge in [0.15, 0.2) is 0 Å². The van der Waals surface area contributed by atoms with Crippen molar-refractivity contribution in [2.45, 2.75) is 26.4 Å². The Bertz CT molecular complexity index is 739. The van der Waals surface area contributed by atoms with Crippen LogP contribution in [0.15, 0.2) is 30.5 Å². The topological polar surface area (TPSA) is 73.0 Å². The number of pyridine rings is 2. The van der Waals surface area contributed by atoms with Crippen LogP contribution in [-0.2, 0) is 6.42 Å². The normalized spacial score (nSPS) is 20.5. The summed E-state index contributed by atoms with van der Waals surface area (Å²) in [5.74, 6) is 0.784. The van der Waals surface area contributed by atoms with Gasteiger partial charge in [-0.2, -0.15) is 5.26 Å². The lowest BCUT2D eigenvalue weighted by molar-refractivity contribution is 0.148. The third kappa shape index (κ3) is 3.17. The van der Waals surface area contributed by atoms with Gasteiger partial charge in [0.2, 0.25) is 0 Å². The van der Waals surface area contributed by atoms with Crippen molar-refractivity contribution in [1.29, 1.82) is 5.26 Å². The van der Waals surface area contributed by atoms with Gasteiger partial charge in [-0.05, 0) is 44.0 Å². The first kappa shape index (κ1) is 15.4. The van der Waals surface area contributed by atoms with Crippen molar-refractivity contribution >= 4 is 5.82 Å². The molecular weight excluding hydrogens is 288 g/mol. The van der Waals surface area contributed by atoms with E-state index in [0.29, 0.717) is 24.5 Å². The van der Waals surface area contributed by atoms with Crippen LogP contribution in [0.4, 0.5) is 5.82 Å². The zero-order chi connectivity index (χ0) is 16.4. The molecule has 0 spiro atoms. The molecule has 0 aromatic carbocycles. The van der Waals surface area contributed by atoms with Gasteiger partial charge >= 0.3 is 0 Å². The van der Waals surface area contributed by atoms with Crippen LogP contribution in [0.5, 0.6) is 0 Å². The fourth-order valence-corrected chi connectivity index (χ4v) is 3.20. The number of hydrogen-bond acceptors (Lipinski definition) is 5. The Morgan fingerprint density at radius 3 is 2.87 bits per heavy atom. The summed E-state index contributed by atoms with van der Waals surface area (Å²) in [4.78, 5) is 10.9. The summed E-state index contributed by atoms with van der Waals surface area (Å²) in [6.45, 7) is 5.04. The molecule has 0 bridgehead atoms. The average Bonchev–Trinajstić information content (AvgIpc) is 2.88. The Balaban J connectivity index is 1.83. The lowest BCUT2D eigenvalue weighted by Gasteiger charge is -2.20. The second-order valence-corrected chi connectivity index (χ2v) is 6.15. The molecule has 3 heterocycles. The third-order valence-corrected chi connectivity index (χ3v) is 4.34. The second kappa shape index (κ2) is 6.35. The number of anilines is 1. The molecule has 2 aromatic rings. The molecule has 0 unspecified atom stereocenters. The highest BCUT2D eigenvalue weighted by molar-refractivity contribution is 5.58. The van der Waals surface area contributed by atoms with Crippen molar-refractivity contribution in [1.82, 2.24) is 9.97 Å². The van der Waals surface area contributed by atoms with E-state index < -0.39 is 6.10 Å². The van der Waals surface area contributed by atoms with Gasteiger partial charge in [-0.1, -0.05) is 6.07 Å². The summed E-state index contributed by atoms with van der Waals surface area (Å²) in [7, 11) is 0. The molecule has 0 aliphatic carbocycles. The van der Waals surface area contributed by atoms with E-state index in [9.17, 15) is 10.4 Å². The van der Waals surface area contributed by atoms with Gasteiger partial charge in [-0.15, -0.1) is 0 Å². The number of aliphatic hydroxyl groups is 1. The van der Waals surface area contributed by atoms with E-state index >= 15 is 0 Å². The van der Waals surface area contributed by atoms with Crippen molar-refractivity contribution in [3.05, 3.63) is 53.0 Å². The standard InChI is InChI=1S/C18H20N4O/c1-12-7-13(2)21-18(16(12)9-19)22-10-14(17(23)11-22)8-15-5-3-4-6-20-15/h3-7,14,17,23H,8,10-11H2,1-2H3/t14-,17-/m1/s1. The second-order valence-electron chi connectivity index (χ2n) is 6.15. The minimum atomic E-state index is -0.439. The maximum atomic E-state index is 10.4. The zero-order valence-corrected chi connectivity index (χ0v) is 13.4. The van der Waals surface area contributed by atoms with Crippen molar-refractivity contribution < 1.29 is 5.11 Å². The Kier molecular flexibility index (Phi) is 4.26. The number of aryl methyl sites for hydroxylation is 2. The van der Waals surface area contributed by atoms with Gasteiger partial charge in [-0.25, -0.2) is 4.98 Å². The lowest BCUT2D eigenvalue weighted by atomic mass is 10.00. The first-order chi connectivity index (χ1) is 11.1. The van der Waals surface area contributed by atoms with E-state index in [4.69, 9.17) is 0 Å². The van der Waals surface area contributed by atoms with E-state index in [1.807, 2.05) is 43.0 Å². The fraction of sp³-hybridized carbons (Fsp3) is 0.389. The number of rotatable bonds is 3. The highest BCUT2D eigenvalue weighted by atomic mass is 16.3. The summed E-state index contributed by atoms with van der Waals surface area (Å²) in [6.07, 6.45) is 2.06. The summed E-state index contributed by atoms with van der Waals surface area (Å²) < 4.78 is 0. The number of nitriles is 1. The molecule has 3 rings (SSSR count). The number of nitrogens with zero attached hydrogens (tertiary/aromatic N) is 4. The van der Waals surface area contributed by atoms with Crippen molar-refractivity contribution in [2.24, 2.45) is 5.92 Å². The molecule has 1 fully saturated rings. The maximum Gasteiger partial charge on any atom is 0.147 e. The van der Waals surface area contributed by atoms with Crippen LogP contribution in [0.3, 0.4) is 0 Å². The molecule has 23 heavy (non-hydrogen) atoms. The number of β-amino-alcohol motifs (C(OH)–C–C–N with tert-alkyl or cyclic N) is 1. The Morgan fingerprint density at radius 2 is 2.17 bits per heavy atom. The minimum absolute atomic E-state index is 0.0964. The first-order valence-electron chi connectivity index (χ1n) is 7.79. The average molecular weight is 308 g/mol. The van der Waals surface area contributed by atoms with Crippen molar-refractivity contribution in [3.8, 4) is 6.07 Å². The number of aliphatic hydroxyl groups excluding tert-OH is 1. The molecule has 1 aliphatic rings. The molecule has 1 saturated heterocycles. The predicted octanol–water partition coefficient (Wildman–Crippen LogP) is 2.00. The van der Waals surface area contributed by atoms with Crippen LogP contribution in [0, 0.1) is 31.1 Å². The molecule has 1 N–H and O–H groups in total. The SMILES string of the molecule is Cc1cc(C)c(C#N)c(N2C[C@@H](Cc3ccccn3)[C@H](O)C2)n1. The highest BCUT2D eigenvalue weighted by Gasteiger charge is 2.33. The van der Waals surface area contributed by atoms with Gasteiger partial charge < -0.3 is 10.0 Å². The molecule has 0 saturated carbocycles. The van der Waals surface area contributed by atoms with E-state index in [-0.39, 0.29) is 5.92 Å². The van der Waals surface area contributed by atoms with Gasteiger partial charge in [0, 0.05) is 36.6 Å². The van der Waals surface area contributed by atoms with E-state index in [1.165, 1.54) is 0 Å². The largest absolute Gasteiger partial charge is 0.391 e. The summed E-state index contributed by atoms with van der Waals surface area (Å²) in [5.41, 5.74) is 3.39. The van der Waals surface area contributed by atoms with Crippen LogP contribution in [0.2, 0.25) is 0 Å². The molecular formula is C18H20N4O. The van der Waals surface area contributed by atoms with Crippen LogP contribution in [-0.4, -0.2) is 34.3 Å². The minimum Gasteiger partial charge on any atom is -0.391 e. The van der Waals surface area contributed by atoms with Gasteiger partial charge in [-0.3, -0.25) is 4.98 Å². The first-order valence-corrected chi connectivity index (χ1v) is 7.79. The number of aromatic nitrogens is 2. The quantitative estimate of drug-likeness (QED) is 0.939. The summed E-state index contributed by atoms with van der Waals surface area (Å²) in [6, 6.07) is 9.99. The smallest absolute Gasteiger partial charge is 0.147 e. The summed E-state index contributed by atoms with van der Waals surface area (Å²) >= 11 is 0. The molecule has 2 atom stereocenters. The van der Waals surface area contributed by atoms with Gasteiger partial charge in [0.05, 0.1) is 11.7 Å². The number of hydrogen-bond donors (Lipinski definition) is 1. The molecule has 0 radical (unpaired) electrons. The third-order valence-electron chi connectivity index (χ3n) is 4.34. The van der Waals surface area contributed by atoms with Crippen LogP contribution in [0.25, 0.3) is 0 Å². The van der Waals surface area contributed by atoms with Crippen LogP contribution in [0.1, 0.15) is 22.5 Å². The monoisotopic (exact) mass is 308 g/mol. The van der Waals surface area contributed by atoms with Crippen LogP contribution >= 0.6 is 0 Å². The van der Waals surface area contributed by atoms with Gasteiger partial charge in [0.25, 0.3) is 0 Å². The molecule has 1 aliphatic heterocycles. The van der Waals surface area contributed by atoms with E-state index in [1.54, 1.807) is 6.20 Å². The molecule has 2 aromatic heterocycles. The maximum absolute atomic E-state index is 10.4. The van der Waals surface area contributed by atoms with E-state index in [2.05, 4.69) is 16.0 Å².